The Balaban J connectivity index is 0.000000304. The number of hydrogen-bond acceptors (Lipinski definition) is 4. The fourth-order valence-corrected chi connectivity index (χ4v) is 3.53. The van der Waals surface area contributed by atoms with E-state index in [0.29, 0.717) is 24.0 Å². The number of hydrogen-bond donors (Lipinski definition) is 4. The van der Waals surface area contributed by atoms with Crippen molar-refractivity contribution in [1.29, 1.82) is 0 Å². The topological polar surface area (TPSA) is 149 Å². The van der Waals surface area contributed by atoms with Gasteiger partial charge < -0.3 is 20.4 Å². The molecule has 30 heavy (non-hydrogen) atoms. The lowest BCUT2D eigenvalue weighted by molar-refractivity contribution is -0.138. The maximum absolute atomic E-state index is 11.0. The SMILES string of the molecule is O=C(O)CCCCCCCCC(=O)O.O=C(O)c1ccc(C(=O)O)c2c1CCCC2. The normalized spacial score (nSPS) is 12.3. The molecule has 1 aromatic rings. The zero-order chi connectivity index (χ0) is 22.5. The van der Waals surface area contributed by atoms with Crippen molar-refractivity contribution in [3.05, 3.63) is 34.4 Å². The first-order chi connectivity index (χ1) is 14.2. The summed E-state index contributed by atoms with van der Waals surface area (Å²) < 4.78 is 0. The van der Waals surface area contributed by atoms with E-state index >= 15 is 0 Å². The van der Waals surface area contributed by atoms with Gasteiger partial charge in [-0.25, -0.2) is 9.59 Å². The summed E-state index contributed by atoms with van der Waals surface area (Å²) >= 11 is 0. The second-order valence-electron chi connectivity index (χ2n) is 7.34. The Hall–Kier alpha value is -2.90. The lowest BCUT2D eigenvalue weighted by Gasteiger charge is -2.19. The van der Waals surface area contributed by atoms with Crippen molar-refractivity contribution in [3.63, 3.8) is 0 Å². The minimum absolute atomic E-state index is 0.245. The van der Waals surface area contributed by atoms with Gasteiger partial charge in [-0.3, -0.25) is 9.59 Å². The largest absolute Gasteiger partial charge is 0.481 e. The minimum Gasteiger partial charge on any atom is -0.481 e. The molecule has 0 saturated carbocycles. The molecular weight excluding hydrogens is 392 g/mol. The van der Waals surface area contributed by atoms with Crippen LogP contribution in [0.1, 0.15) is 96.1 Å². The van der Waals surface area contributed by atoms with Crippen LogP contribution in [0.2, 0.25) is 0 Å². The molecule has 0 radical (unpaired) electrons. The first kappa shape index (κ1) is 25.1. The Morgan fingerprint density at radius 2 is 0.933 bits per heavy atom. The molecule has 0 amide bonds. The third kappa shape index (κ3) is 9.07. The highest BCUT2D eigenvalue weighted by Gasteiger charge is 2.22. The third-order valence-corrected chi connectivity index (χ3v) is 5.03. The highest BCUT2D eigenvalue weighted by molar-refractivity contribution is 5.95. The standard InChI is InChI=1S/C12H12O4.C10H18O4/c13-11(14)9-5-6-10(12(15)16)8-4-2-1-3-7(8)9;11-9(12)7-5-3-1-2-4-6-8-10(13)14/h5-6H,1-4H2,(H,13,14)(H,15,16);1-8H2,(H,11,12)(H,13,14). The maximum Gasteiger partial charge on any atom is 0.335 e. The molecule has 8 nitrogen and oxygen atoms in total. The van der Waals surface area contributed by atoms with Crippen LogP contribution in [0.4, 0.5) is 0 Å². The molecule has 0 heterocycles. The minimum atomic E-state index is -0.977. The van der Waals surface area contributed by atoms with Gasteiger partial charge in [0.25, 0.3) is 0 Å². The molecule has 0 aromatic heterocycles. The number of carbonyl (C=O) groups is 4. The van der Waals surface area contributed by atoms with E-state index < -0.39 is 23.9 Å². The number of unbranched alkanes of at least 4 members (excludes halogenated alkanes) is 5. The molecule has 0 fully saturated rings. The first-order valence-corrected chi connectivity index (χ1v) is 10.3. The molecule has 4 N–H and O–H groups in total. The van der Waals surface area contributed by atoms with Crippen LogP contribution in [0.3, 0.4) is 0 Å². The van der Waals surface area contributed by atoms with Crippen LogP contribution < -0.4 is 0 Å². The van der Waals surface area contributed by atoms with Crippen molar-refractivity contribution in [1.82, 2.24) is 0 Å². The molecule has 0 saturated heterocycles. The summed E-state index contributed by atoms with van der Waals surface area (Å²) in [6.07, 6.45) is 9.01. The maximum atomic E-state index is 11.0. The Kier molecular flexibility index (Phi) is 11.2. The second kappa shape index (κ2) is 13.3. The summed E-state index contributed by atoms with van der Waals surface area (Å²) in [7, 11) is 0. The number of benzene rings is 1. The highest BCUT2D eigenvalue weighted by atomic mass is 16.4. The van der Waals surface area contributed by atoms with Gasteiger partial charge in [-0.2, -0.15) is 0 Å². The van der Waals surface area contributed by atoms with Gasteiger partial charge in [0, 0.05) is 12.8 Å². The number of fused-ring (bicyclic) bond motifs is 1. The summed E-state index contributed by atoms with van der Waals surface area (Å²) in [5.41, 5.74) is 1.91. The van der Waals surface area contributed by atoms with Gasteiger partial charge in [0.05, 0.1) is 11.1 Å². The fourth-order valence-electron chi connectivity index (χ4n) is 3.53. The molecule has 0 unspecified atom stereocenters. The third-order valence-electron chi connectivity index (χ3n) is 5.03. The summed E-state index contributed by atoms with van der Waals surface area (Å²) in [4.78, 5) is 42.3. The van der Waals surface area contributed by atoms with Crippen molar-refractivity contribution in [2.75, 3.05) is 0 Å². The van der Waals surface area contributed by atoms with Crippen LogP contribution in [0.5, 0.6) is 0 Å². The van der Waals surface area contributed by atoms with E-state index in [9.17, 15) is 19.2 Å². The zero-order valence-electron chi connectivity index (χ0n) is 17.1. The van der Waals surface area contributed by atoms with E-state index in [1.165, 1.54) is 12.1 Å². The summed E-state index contributed by atoms with van der Waals surface area (Å²) in [6, 6.07) is 2.80. The quantitative estimate of drug-likeness (QED) is 0.387. The molecule has 0 spiro atoms. The van der Waals surface area contributed by atoms with Crippen LogP contribution in [-0.2, 0) is 22.4 Å². The highest BCUT2D eigenvalue weighted by Crippen LogP contribution is 2.27. The Bertz CT molecular complexity index is 691. The van der Waals surface area contributed by atoms with Crippen LogP contribution in [0.15, 0.2) is 12.1 Å². The van der Waals surface area contributed by atoms with Gasteiger partial charge in [-0.1, -0.05) is 25.7 Å². The van der Waals surface area contributed by atoms with Crippen LogP contribution >= 0.6 is 0 Å². The van der Waals surface area contributed by atoms with Gasteiger partial charge in [0.15, 0.2) is 0 Å². The molecule has 2 rings (SSSR count). The summed E-state index contributed by atoms with van der Waals surface area (Å²) in [5.74, 6) is -3.43. The van der Waals surface area contributed by atoms with E-state index in [2.05, 4.69) is 0 Å². The van der Waals surface area contributed by atoms with Crippen molar-refractivity contribution < 1.29 is 39.6 Å². The van der Waals surface area contributed by atoms with E-state index in [0.717, 1.165) is 51.4 Å². The zero-order valence-corrected chi connectivity index (χ0v) is 17.1. The van der Waals surface area contributed by atoms with Gasteiger partial charge >= 0.3 is 23.9 Å². The first-order valence-electron chi connectivity index (χ1n) is 10.3. The van der Waals surface area contributed by atoms with Gasteiger partial charge in [0.1, 0.15) is 0 Å². The fraction of sp³-hybridized carbons (Fsp3) is 0.545. The van der Waals surface area contributed by atoms with Gasteiger partial charge in [-0.05, 0) is 61.8 Å². The van der Waals surface area contributed by atoms with Crippen LogP contribution in [-0.4, -0.2) is 44.3 Å². The Morgan fingerprint density at radius 1 is 0.600 bits per heavy atom. The van der Waals surface area contributed by atoms with E-state index in [4.69, 9.17) is 20.4 Å². The van der Waals surface area contributed by atoms with Crippen molar-refractivity contribution in [2.24, 2.45) is 0 Å². The average Bonchev–Trinajstić information content (AvgIpc) is 2.68. The molecule has 0 aliphatic heterocycles. The number of aliphatic carboxylic acids is 2. The molecule has 1 aliphatic carbocycles. The van der Waals surface area contributed by atoms with Crippen molar-refractivity contribution in [2.45, 2.75) is 77.0 Å². The molecule has 166 valence electrons. The van der Waals surface area contributed by atoms with Crippen LogP contribution in [0, 0.1) is 0 Å². The second-order valence-corrected chi connectivity index (χ2v) is 7.34. The smallest absolute Gasteiger partial charge is 0.335 e. The summed E-state index contributed by atoms with van der Waals surface area (Å²) in [6.45, 7) is 0. The van der Waals surface area contributed by atoms with E-state index in [1.807, 2.05) is 0 Å². The number of carboxylic acids is 4. The molecule has 0 atom stereocenters. The van der Waals surface area contributed by atoms with Gasteiger partial charge in [-0.15, -0.1) is 0 Å². The van der Waals surface area contributed by atoms with Crippen LogP contribution in [0.25, 0.3) is 0 Å². The molecule has 8 heteroatoms. The lowest BCUT2D eigenvalue weighted by Crippen LogP contribution is -2.15. The Labute approximate surface area is 175 Å². The van der Waals surface area contributed by atoms with E-state index in [1.54, 1.807) is 0 Å². The Morgan fingerprint density at radius 3 is 1.23 bits per heavy atom. The van der Waals surface area contributed by atoms with Gasteiger partial charge in [0.2, 0.25) is 0 Å². The number of rotatable bonds is 11. The average molecular weight is 422 g/mol. The lowest BCUT2D eigenvalue weighted by atomic mass is 9.85. The molecule has 1 aromatic carbocycles. The number of aromatic carboxylic acids is 2. The monoisotopic (exact) mass is 422 g/mol. The van der Waals surface area contributed by atoms with Crippen molar-refractivity contribution in [3.8, 4) is 0 Å². The molecule has 0 bridgehead atoms. The molecular formula is C22H30O8. The summed E-state index contributed by atoms with van der Waals surface area (Å²) in [5, 5.41) is 34.7. The number of carboxylic acid groups (broad SMARTS) is 4. The van der Waals surface area contributed by atoms with E-state index in [-0.39, 0.29) is 24.0 Å². The predicted molar refractivity (Wildman–Crippen MR) is 109 cm³/mol. The predicted octanol–water partition coefficient (Wildman–Crippen LogP) is 4.24. The van der Waals surface area contributed by atoms with Crippen molar-refractivity contribution >= 4 is 23.9 Å². The molecule has 1 aliphatic rings.